The second-order valence-electron chi connectivity index (χ2n) is 5.77. The van der Waals surface area contributed by atoms with Gasteiger partial charge in [0.05, 0.1) is 6.54 Å². The Kier molecular flexibility index (Phi) is 4.47. The number of hydrogen-bond donors (Lipinski definition) is 0. The van der Waals surface area contributed by atoms with Crippen LogP contribution in [-0.2, 0) is 29.6 Å². The summed E-state index contributed by atoms with van der Waals surface area (Å²) in [5, 5.41) is 4.54. The van der Waals surface area contributed by atoms with Crippen molar-refractivity contribution >= 4 is 10.2 Å². The van der Waals surface area contributed by atoms with Crippen LogP contribution in [0.3, 0.4) is 0 Å². The van der Waals surface area contributed by atoms with Crippen LogP contribution in [0.15, 0.2) is 30.3 Å². The highest BCUT2D eigenvalue weighted by atomic mass is 32.2. The van der Waals surface area contributed by atoms with Gasteiger partial charge in [-0.2, -0.15) is 22.1 Å². The van der Waals surface area contributed by atoms with Crippen molar-refractivity contribution < 1.29 is 8.42 Å². The van der Waals surface area contributed by atoms with E-state index in [2.05, 4.69) is 22.2 Å². The number of nitrogens with zero attached hydrogens (tertiary/aromatic N) is 5. The van der Waals surface area contributed by atoms with E-state index in [0.717, 1.165) is 11.6 Å². The summed E-state index contributed by atoms with van der Waals surface area (Å²) >= 11 is 0. The van der Waals surface area contributed by atoms with Crippen molar-refractivity contribution in [3.63, 3.8) is 0 Å². The fourth-order valence-corrected chi connectivity index (χ4v) is 3.74. The Balaban J connectivity index is 1.73. The van der Waals surface area contributed by atoms with E-state index >= 15 is 0 Å². The predicted octanol–water partition coefficient (Wildman–Crippen LogP) is 0.533. The zero-order chi connectivity index (χ0) is 16.4. The van der Waals surface area contributed by atoms with E-state index in [4.69, 9.17) is 0 Å². The molecule has 0 N–H and O–H groups in total. The van der Waals surface area contributed by atoms with Crippen molar-refractivity contribution in [2.75, 3.05) is 27.2 Å². The number of aromatic nitrogens is 3. The van der Waals surface area contributed by atoms with Crippen molar-refractivity contribution in [1.82, 2.24) is 23.4 Å². The highest BCUT2D eigenvalue weighted by Gasteiger charge is 2.27. The standard InChI is InChI=1S/C15H21N5O2S/c1-18(2)23(21,22)19-9-8-15-16-14(17-20(15)11-10-19)12-13-6-4-3-5-7-13/h3-7H,8-12H2,1-2H3. The summed E-state index contributed by atoms with van der Waals surface area (Å²) in [6.45, 7) is 1.38. The first kappa shape index (κ1) is 16.1. The zero-order valence-corrected chi connectivity index (χ0v) is 14.2. The lowest BCUT2D eigenvalue weighted by molar-refractivity contribution is 0.374. The maximum Gasteiger partial charge on any atom is 0.281 e. The van der Waals surface area contributed by atoms with Gasteiger partial charge in [0, 0.05) is 40.0 Å². The van der Waals surface area contributed by atoms with Crippen molar-refractivity contribution in [3.05, 3.63) is 47.5 Å². The lowest BCUT2D eigenvalue weighted by Crippen LogP contribution is -2.41. The van der Waals surface area contributed by atoms with Crippen LogP contribution in [0.2, 0.25) is 0 Å². The first-order chi connectivity index (χ1) is 11.0. The monoisotopic (exact) mass is 335 g/mol. The molecular formula is C15H21N5O2S. The van der Waals surface area contributed by atoms with E-state index < -0.39 is 10.2 Å². The quantitative estimate of drug-likeness (QED) is 0.817. The Labute approximate surface area is 136 Å². The molecule has 2 heterocycles. The van der Waals surface area contributed by atoms with Gasteiger partial charge in [0.25, 0.3) is 10.2 Å². The smallest absolute Gasteiger partial charge is 0.248 e. The second-order valence-corrected chi connectivity index (χ2v) is 7.91. The van der Waals surface area contributed by atoms with Crippen molar-refractivity contribution in [2.24, 2.45) is 0 Å². The van der Waals surface area contributed by atoms with Gasteiger partial charge in [0.15, 0.2) is 5.82 Å². The molecular weight excluding hydrogens is 314 g/mol. The van der Waals surface area contributed by atoms with Gasteiger partial charge in [-0.1, -0.05) is 30.3 Å². The van der Waals surface area contributed by atoms with Gasteiger partial charge in [-0.15, -0.1) is 0 Å². The average Bonchev–Trinajstić information content (AvgIpc) is 2.78. The summed E-state index contributed by atoms with van der Waals surface area (Å²) in [6, 6.07) is 10.1. The average molecular weight is 335 g/mol. The number of hydrogen-bond acceptors (Lipinski definition) is 4. The molecule has 3 rings (SSSR count). The molecule has 7 nitrogen and oxygen atoms in total. The molecule has 1 aliphatic rings. The summed E-state index contributed by atoms with van der Waals surface area (Å²) in [5.41, 5.74) is 1.17. The molecule has 1 aromatic heterocycles. The van der Waals surface area contributed by atoms with Gasteiger partial charge in [-0.05, 0) is 5.56 Å². The van der Waals surface area contributed by atoms with Gasteiger partial charge < -0.3 is 0 Å². The predicted molar refractivity (Wildman–Crippen MR) is 87.2 cm³/mol. The van der Waals surface area contributed by atoms with E-state index in [1.165, 1.54) is 14.2 Å². The van der Waals surface area contributed by atoms with Crippen LogP contribution in [-0.4, -0.2) is 59.0 Å². The minimum Gasteiger partial charge on any atom is -0.248 e. The molecule has 0 amide bonds. The largest absolute Gasteiger partial charge is 0.281 e. The maximum atomic E-state index is 12.2. The topological polar surface area (TPSA) is 71.3 Å². The third-order valence-electron chi connectivity index (χ3n) is 3.93. The molecule has 0 aliphatic carbocycles. The first-order valence-corrected chi connectivity index (χ1v) is 9.00. The molecule has 0 fully saturated rings. The minimum atomic E-state index is -3.38. The highest BCUT2D eigenvalue weighted by molar-refractivity contribution is 7.86. The Hall–Kier alpha value is -1.77. The fraction of sp³-hybridized carbons (Fsp3) is 0.467. The summed E-state index contributed by atoms with van der Waals surface area (Å²) < 4.78 is 29.0. The fourth-order valence-electron chi connectivity index (χ4n) is 2.65. The Bertz CT molecular complexity index is 745. The number of benzene rings is 1. The van der Waals surface area contributed by atoms with Crippen molar-refractivity contribution in [3.8, 4) is 0 Å². The SMILES string of the molecule is CN(C)S(=O)(=O)N1CCc2nc(Cc3ccccc3)nn2CC1. The van der Waals surface area contributed by atoms with Crippen LogP contribution in [0.25, 0.3) is 0 Å². The molecule has 124 valence electrons. The summed E-state index contributed by atoms with van der Waals surface area (Å²) in [7, 11) is -0.279. The van der Waals surface area contributed by atoms with Gasteiger partial charge in [-0.3, -0.25) is 0 Å². The van der Waals surface area contributed by atoms with Crippen molar-refractivity contribution in [1.29, 1.82) is 0 Å². The molecule has 0 atom stereocenters. The maximum absolute atomic E-state index is 12.2. The van der Waals surface area contributed by atoms with Gasteiger partial charge in [0.2, 0.25) is 0 Å². The van der Waals surface area contributed by atoms with E-state index in [1.807, 2.05) is 22.9 Å². The second kappa shape index (κ2) is 6.38. The van der Waals surface area contributed by atoms with Crippen LogP contribution < -0.4 is 0 Å². The summed E-state index contributed by atoms with van der Waals surface area (Å²) in [6.07, 6.45) is 1.27. The third kappa shape index (κ3) is 3.44. The third-order valence-corrected chi connectivity index (χ3v) is 5.87. The molecule has 8 heteroatoms. The van der Waals surface area contributed by atoms with E-state index in [9.17, 15) is 8.42 Å². The minimum absolute atomic E-state index is 0.418. The summed E-state index contributed by atoms with van der Waals surface area (Å²) in [5.74, 6) is 1.64. The molecule has 0 spiro atoms. The molecule has 0 unspecified atom stereocenters. The summed E-state index contributed by atoms with van der Waals surface area (Å²) in [4.78, 5) is 4.58. The van der Waals surface area contributed by atoms with E-state index in [1.54, 1.807) is 14.1 Å². The van der Waals surface area contributed by atoms with Crippen LogP contribution in [0.5, 0.6) is 0 Å². The van der Waals surface area contributed by atoms with Gasteiger partial charge in [-0.25, -0.2) is 9.67 Å². The first-order valence-electron chi connectivity index (χ1n) is 7.61. The molecule has 0 saturated heterocycles. The van der Waals surface area contributed by atoms with Gasteiger partial charge >= 0.3 is 0 Å². The molecule has 0 saturated carbocycles. The Morgan fingerprint density at radius 3 is 2.57 bits per heavy atom. The van der Waals surface area contributed by atoms with Crippen LogP contribution in [0.4, 0.5) is 0 Å². The molecule has 23 heavy (non-hydrogen) atoms. The van der Waals surface area contributed by atoms with Crippen LogP contribution in [0.1, 0.15) is 17.2 Å². The Morgan fingerprint density at radius 2 is 1.87 bits per heavy atom. The van der Waals surface area contributed by atoms with Crippen LogP contribution >= 0.6 is 0 Å². The molecule has 1 aliphatic heterocycles. The highest BCUT2D eigenvalue weighted by Crippen LogP contribution is 2.13. The van der Waals surface area contributed by atoms with Crippen LogP contribution in [0, 0.1) is 0 Å². The Morgan fingerprint density at radius 1 is 1.13 bits per heavy atom. The van der Waals surface area contributed by atoms with Crippen molar-refractivity contribution in [2.45, 2.75) is 19.4 Å². The normalized spacial score (nSPS) is 16.3. The molecule has 2 aromatic rings. The van der Waals surface area contributed by atoms with E-state index in [-0.39, 0.29) is 0 Å². The van der Waals surface area contributed by atoms with E-state index in [0.29, 0.717) is 32.5 Å². The van der Waals surface area contributed by atoms with Gasteiger partial charge in [0.1, 0.15) is 5.82 Å². The number of rotatable bonds is 4. The lowest BCUT2D eigenvalue weighted by atomic mass is 10.1. The molecule has 0 radical (unpaired) electrons. The molecule has 0 bridgehead atoms. The molecule has 1 aromatic carbocycles. The number of fused-ring (bicyclic) bond motifs is 1. The lowest BCUT2D eigenvalue weighted by Gasteiger charge is -2.23. The zero-order valence-electron chi connectivity index (χ0n) is 13.4.